The number of hydrogen-bond donors (Lipinski definition) is 1. The van der Waals surface area contributed by atoms with Gasteiger partial charge in [-0.25, -0.2) is 9.78 Å². The lowest BCUT2D eigenvalue weighted by Crippen LogP contribution is -2.46. The topological polar surface area (TPSA) is 74.8 Å². The smallest absolute Gasteiger partial charge is 0.409 e. The van der Waals surface area contributed by atoms with Crippen LogP contribution in [0.1, 0.15) is 49.5 Å². The van der Waals surface area contributed by atoms with E-state index in [0.717, 1.165) is 31.6 Å². The number of nitrogens with one attached hydrogen (secondary N) is 1. The van der Waals surface area contributed by atoms with Crippen LogP contribution in [0.3, 0.4) is 0 Å². The van der Waals surface area contributed by atoms with Gasteiger partial charge < -0.3 is 19.9 Å². The van der Waals surface area contributed by atoms with E-state index in [1.807, 2.05) is 6.07 Å². The van der Waals surface area contributed by atoms with Crippen LogP contribution in [-0.4, -0.2) is 60.7 Å². The summed E-state index contributed by atoms with van der Waals surface area (Å²) in [5, 5.41) is 3.03. The molecule has 3 heterocycles. The third-order valence-corrected chi connectivity index (χ3v) is 5.06. The molecule has 0 unspecified atom stereocenters. The first kappa shape index (κ1) is 18.5. The molecule has 0 atom stereocenters. The van der Waals surface area contributed by atoms with Crippen LogP contribution in [-0.2, 0) is 4.74 Å². The van der Waals surface area contributed by atoms with Gasteiger partial charge in [0.15, 0.2) is 0 Å². The van der Waals surface area contributed by atoms with Crippen LogP contribution in [0.25, 0.3) is 0 Å². The molecule has 0 radical (unpaired) electrons. The molecule has 0 aliphatic carbocycles. The summed E-state index contributed by atoms with van der Waals surface area (Å²) in [5.41, 5.74) is 1.53. The van der Waals surface area contributed by atoms with Gasteiger partial charge in [0.1, 0.15) is 5.69 Å². The highest BCUT2D eigenvalue weighted by Crippen LogP contribution is 2.19. The zero-order valence-electron chi connectivity index (χ0n) is 15.4. The Morgan fingerprint density at radius 3 is 2.50 bits per heavy atom. The third kappa shape index (κ3) is 4.65. The van der Waals surface area contributed by atoms with Crippen molar-refractivity contribution in [2.75, 3.05) is 37.7 Å². The van der Waals surface area contributed by atoms with Crippen molar-refractivity contribution < 1.29 is 14.3 Å². The second-order valence-electron chi connectivity index (χ2n) is 6.88. The summed E-state index contributed by atoms with van der Waals surface area (Å²) in [5.74, 6) is -0.148. The Morgan fingerprint density at radius 2 is 1.88 bits per heavy atom. The molecule has 2 aliphatic heterocycles. The largest absolute Gasteiger partial charge is 0.450 e. The predicted octanol–water partition coefficient (Wildman–Crippen LogP) is 2.42. The van der Waals surface area contributed by atoms with Gasteiger partial charge in [-0.05, 0) is 51.2 Å². The lowest BCUT2D eigenvalue weighted by molar-refractivity contribution is 0.0856. The van der Waals surface area contributed by atoms with Crippen LogP contribution < -0.4 is 10.2 Å². The Kier molecular flexibility index (Phi) is 6.30. The van der Waals surface area contributed by atoms with E-state index in [9.17, 15) is 9.59 Å². The molecule has 142 valence electrons. The molecule has 0 spiro atoms. The maximum atomic E-state index is 12.4. The normalized spacial score (nSPS) is 18.5. The highest BCUT2D eigenvalue weighted by molar-refractivity contribution is 5.92. The second-order valence-corrected chi connectivity index (χ2v) is 6.88. The summed E-state index contributed by atoms with van der Waals surface area (Å²) in [7, 11) is 0. The van der Waals surface area contributed by atoms with Crippen molar-refractivity contribution in [2.45, 2.75) is 45.1 Å². The number of aromatic nitrogens is 1. The number of likely N-dealkylation sites (tertiary alicyclic amines) is 1. The molecular formula is C19H28N4O3. The molecule has 1 aromatic heterocycles. The third-order valence-electron chi connectivity index (χ3n) is 5.06. The highest BCUT2D eigenvalue weighted by Gasteiger charge is 2.25. The van der Waals surface area contributed by atoms with E-state index in [1.54, 1.807) is 24.1 Å². The average Bonchev–Trinajstić information content (AvgIpc) is 2.69. The SMILES string of the molecule is CCOC(=O)N1CCC(NC(=O)c2ccc(N3CCCCC3)cn2)CC1. The summed E-state index contributed by atoms with van der Waals surface area (Å²) >= 11 is 0. The average molecular weight is 360 g/mol. The molecule has 2 fully saturated rings. The monoisotopic (exact) mass is 360 g/mol. The van der Waals surface area contributed by atoms with E-state index in [-0.39, 0.29) is 18.0 Å². The summed E-state index contributed by atoms with van der Waals surface area (Å²) < 4.78 is 5.01. The van der Waals surface area contributed by atoms with Crippen LogP contribution in [0.15, 0.2) is 18.3 Å². The number of amides is 2. The van der Waals surface area contributed by atoms with Crippen LogP contribution in [0, 0.1) is 0 Å². The molecule has 0 saturated carbocycles. The van der Waals surface area contributed by atoms with Gasteiger partial charge in [0.25, 0.3) is 5.91 Å². The lowest BCUT2D eigenvalue weighted by Gasteiger charge is -2.31. The first-order chi connectivity index (χ1) is 12.7. The number of carbonyl (C=O) groups excluding carboxylic acids is 2. The maximum Gasteiger partial charge on any atom is 0.409 e. The van der Waals surface area contributed by atoms with E-state index < -0.39 is 0 Å². The van der Waals surface area contributed by atoms with Crippen molar-refractivity contribution in [2.24, 2.45) is 0 Å². The molecular weight excluding hydrogens is 332 g/mol. The molecule has 2 aliphatic rings. The molecule has 7 heteroatoms. The van der Waals surface area contributed by atoms with Gasteiger partial charge in [-0.1, -0.05) is 0 Å². The summed E-state index contributed by atoms with van der Waals surface area (Å²) in [6.07, 6.45) is 6.71. The van der Waals surface area contributed by atoms with E-state index >= 15 is 0 Å². The summed E-state index contributed by atoms with van der Waals surface area (Å²) in [6, 6.07) is 3.85. The van der Waals surface area contributed by atoms with Crippen LogP contribution in [0.5, 0.6) is 0 Å². The van der Waals surface area contributed by atoms with Crippen LogP contribution in [0.4, 0.5) is 10.5 Å². The molecule has 26 heavy (non-hydrogen) atoms. The van der Waals surface area contributed by atoms with Crippen molar-refractivity contribution >= 4 is 17.7 Å². The first-order valence-electron chi connectivity index (χ1n) is 9.61. The zero-order valence-corrected chi connectivity index (χ0v) is 15.4. The van der Waals surface area contributed by atoms with Gasteiger partial charge in [0.2, 0.25) is 0 Å². The van der Waals surface area contributed by atoms with Crippen molar-refractivity contribution in [1.29, 1.82) is 0 Å². The minimum absolute atomic E-state index is 0.0664. The van der Waals surface area contributed by atoms with Gasteiger partial charge in [-0.3, -0.25) is 4.79 Å². The molecule has 2 amide bonds. The fourth-order valence-corrected chi connectivity index (χ4v) is 3.54. The van der Waals surface area contributed by atoms with Crippen molar-refractivity contribution in [1.82, 2.24) is 15.2 Å². The van der Waals surface area contributed by atoms with Gasteiger partial charge in [-0.2, -0.15) is 0 Å². The summed E-state index contributed by atoms with van der Waals surface area (Å²) in [6.45, 7) is 5.51. The number of anilines is 1. The Hall–Kier alpha value is -2.31. The van der Waals surface area contributed by atoms with Crippen LogP contribution >= 0.6 is 0 Å². The van der Waals surface area contributed by atoms with Gasteiger partial charge in [0, 0.05) is 32.2 Å². The highest BCUT2D eigenvalue weighted by atomic mass is 16.6. The standard InChI is InChI=1S/C19H28N4O3/c1-2-26-19(25)23-12-8-15(9-13-23)21-18(24)17-7-6-16(14-20-17)22-10-4-3-5-11-22/h6-7,14-15H,2-5,8-13H2,1H3,(H,21,24). The Morgan fingerprint density at radius 1 is 1.15 bits per heavy atom. The molecule has 7 nitrogen and oxygen atoms in total. The number of rotatable bonds is 4. The van der Waals surface area contributed by atoms with E-state index in [0.29, 0.717) is 25.4 Å². The molecule has 0 bridgehead atoms. The first-order valence-corrected chi connectivity index (χ1v) is 9.61. The predicted molar refractivity (Wildman–Crippen MR) is 99.4 cm³/mol. The number of ether oxygens (including phenoxy) is 1. The lowest BCUT2D eigenvalue weighted by atomic mass is 10.1. The van der Waals surface area contributed by atoms with Crippen molar-refractivity contribution in [3.05, 3.63) is 24.0 Å². The minimum Gasteiger partial charge on any atom is -0.450 e. The quantitative estimate of drug-likeness (QED) is 0.892. The van der Waals surface area contributed by atoms with E-state index in [4.69, 9.17) is 4.74 Å². The van der Waals surface area contributed by atoms with Crippen molar-refractivity contribution in [3.63, 3.8) is 0 Å². The second kappa shape index (κ2) is 8.87. The number of pyridine rings is 1. The maximum absolute atomic E-state index is 12.4. The molecule has 2 saturated heterocycles. The Balaban J connectivity index is 1.48. The van der Waals surface area contributed by atoms with E-state index in [1.165, 1.54) is 19.3 Å². The zero-order chi connectivity index (χ0) is 18.4. The number of carbonyl (C=O) groups is 2. The summed E-state index contributed by atoms with van der Waals surface area (Å²) in [4.78, 5) is 32.5. The van der Waals surface area contributed by atoms with E-state index in [2.05, 4.69) is 15.2 Å². The van der Waals surface area contributed by atoms with Gasteiger partial charge in [0.05, 0.1) is 18.5 Å². The molecule has 1 N–H and O–H groups in total. The minimum atomic E-state index is -0.271. The molecule has 3 rings (SSSR count). The molecule has 1 aromatic rings. The number of nitrogens with zero attached hydrogens (tertiary/aromatic N) is 3. The Labute approximate surface area is 154 Å². The van der Waals surface area contributed by atoms with Gasteiger partial charge >= 0.3 is 6.09 Å². The number of piperidine rings is 2. The molecule has 0 aromatic carbocycles. The van der Waals surface area contributed by atoms with Crippen molar-refractivity contribution in [3.8, 4) is 0 Å². The fourth-order valence-electron chi connectivity index (χ4n) is 3.54. The van der Waals surface area contributed by atoms with Crippen LogP contribution in [0.2, 0.25) is 0 Å². The fraction of sp³-hybridized carbons (Fsp3) is 0.632. The number of hydrogen-bond acceptors (Lipinski definition) is 5. The van der Waals surface area contributed by atoms with Gasteiger partial charge in [-0.15, -0.1) is 0 Å². The Bertz CT molecular complexity index is 606.